The van der Waals surface area contributed by atoms with Gasteiger partial charge >= 0.3 is 0 Å². The molecule has 3 rings (SSSR count). The molecule has 1 aromatic carbocycles. The van der Waals surface area contributed by atoms with E-state index < -0.39 is 0 Å². The molecular formula is C17H23N3O3. The molecule has 0 spiro atoms. The van der Waals surface area contributed by atoms with Crippen LogP contribution in [0.2, 0.25) is 0 Å². The summed E-state index contributed by atoms with van der Waals surface area (Å²) in [5.41, 5.74) is 1.13. The summed E-state index contributed by atoms with van der Waals surface area (Å²) in [7, 11) is 0. The molecule has 1 N–H and O–H groups in total. The molecule has 0 bridgehead atoms. The molecule has 0 saturated carbocycles. The molecule has 124 valence electrons. The highest BCUT2D eigenvalue weighted by Crippen LogP contribution is 2.34. The van der Waals surface area contributed by atoms with Gasteiger partial charge in [0.1, 0.15) is 0 Å². The molecule has 0 amide bonds. The first-order valence-corrected chi connectivity index (χ1v) is 8.00. The van der Waals surface area contributed by atoms with Crippen LogP contribution in [-0.4, -0.2) is 17.0 Å². The average Bonchev–Trinajstić information content (AvgIpc) is 3.14. The van der Waals surface area contributed by atoms with Crippen LogP contribution in [0.1, 0.15) is 57.1 Å². The fourth-order valence-corrected chi connectivity index (χ4v) is 2.60. The van der Waals surface area contributed by atoms with E-state index >= 15 is 0 Å². The summed E-state index contributed by atoms with van der Waals surface area (Å²) < 4.78 is 16.5. The second kappa shape index (κ2) is 6.58. The molecular weight excluding hydrogens is 294 g/mol. The van der Waals surface area contributed by atoms with Crippen molar-refractivity contribution < 1.29 is 13.9 Å². The van der Waals surface area contributed by atoms with Crippen LogP contribution in [0.4, 0.5) is 0 Å². The van der Waals surface area contributed by atoms with Crippen molar-refractivity contribution in [1.82, 2.24) is 15.5 Å². The van der Waals surface area contributed by atoms with Crippen molar-refractivity contribution in [2.45, 2.75) is 46.2 Å². The lowest BCUT2D eigenvalue weighted by atomic mass is 10.1. The number of fused-ring (bicyclic) bond motifs is 1. The Labute approximate surface area is 136 Å². The van der Waals surface area contributed by atoms with Crippen LogP contribution in [0.25, 0.3) is 0 Å². The first-order chi connectivity index (χ1) is 11.0. The zero-order chi connectivity index (χ0) is 16.4. The maximum atomic E-state index is 5.74. The number of hydrogen-bond acceptors (Lipinski definition) is 6. The molecule has 0 aliphatic carbocycles. The third-order valence-corrected chi connectivity index (χ3v) is 3.83. The van der Waals surface area contributed by atoms with E-state index in [1.54, 1.807) is 0 Å². The van der Waals surface area contributed by atoms with Gasteiger partial charge in [-0.25, -0.2) is 0 Å². The molecule has 2 heterocycles. The summed E-state index contributed by atoms with van der Waals surface area (Å²) in [5, 5.41) is 11.7. The lowest BCUT2D eigenvalue weighted by Gasteiger charge is -2.18. The Bertz CT molecular complexity index is 669. The largest absolute Gasteiger partial charge is 0.454 e. The van der Waals surface area contributed by atoms with E-state index in [9.17, 15) is 0 Å². The number of hydrogen-bond donors (Lipinski definition) is 1. The lowest BCUT2D eigenvalue weighted by molar-refractivity contribution is 0.174. The summed E-state index contributed by atoms with van der Waals surface area (Å²) >= 11 is 0. The molecule has 0 saturated heterocycles. The van der Waals surface area contributed by atoms with Gasteiger partial charge in [-0.1, -0.05) is 19.9 Å². The quantitative estimate of drug-likeness (QED) is 0.880. The van der Waals surface area contributed by atoms with Gasteiger partial charge in [0, 0.05) is 12.5 Å². The SMILES string of the molecule is CC(C)Cc1nnc([C@@H](C)N[C@H](C)c2ccc3c(c2)OCO3)o1. The molecule has 1 aromatic heterocycles. The fourth-order valence-electron chi connectivity index (χ4n) is 2.60. The van der Waals surface area contributed by atoms with Gasteiger partial charge in [-0.15, -0.1) is 10.2 Å². The van der Waals surface area contributed by atoms with E-state index in [0.29, 0.717) is 17.7 Å². The van der Waals surface area contributed by atoms with Gasteiger partial charge in [0.2, 0.25) is 18.6 Å². The monoisotopic (exact) mass is 317 g/mol. The van der Waals surface area contributed by atoms with Crippen LogP contribution in [-0.2, 0) is 6.42 Å². The Balaban J connectivity index is 1.65. The van der Waals surface area contributed by atoms with Crippen molar-refractivity contribution in [3.63, 3.8) is 0 Å². The first kappa shape index (κ1) is 15.8. The topological polar surface area (TPSA) is 69.4 Å². The zero-order valence-electron chi connectivity index (χ0n) is 14.0. The second-order valence-corrected chi connectivity index (χ2v) is 6.35. The predicted octanol–water partition coefficient (Wildman–Crippen LogP) is 3.41. The average molecular weight is 317 g/mol. The summed E-state index contributed by atoms with van der Waals surface area (Å²) in [6.45, 7) is 8.67. The molecule has 0 fully saturated rings. The van der Waals surface area contributed by atoms with Crippen LogP contribution < -0.4 is 14.8 Å². The summed E-state index contributed by atoms with van der Waals surface area (Å²) in [6, 6.07) is 6.08. The Morgan fingerprint density at radius 3 is 2.61 bits per heavy atom. The molecule has 2 atom stereocenters. The molecule has 0 unspecified atom stereocenters. The van der Waals surface area contributed by atoms with E-state index in [-0.39, 0.29) is 18.9 Å². The lowest BCUT2D eigenvalue weighted by Crippen LogP contribution is -2.22. The van der Waals surface area contributed by atoms with Crippen LogP contribution in [0.15, 0.2) is 22.6 Å². The van der Waals surface area contributed by atoms with Gasteiger partial charge in [-0.05, 0) is 37.5 Å². The molecule has 6 heteroatoms. The Hall–Kier alpha value is -2.08. The molecule has 1 aliphatic rings. The highest BCUT2D eigenvalue weighted by atomic mass is 16.7. The van der Waals surface area contributed by atoms with Crippen LogP contribution in [0, 0.1) is 5.92 Å². The van der Waals surface area contributed by atoms with E-state index in [1.165, 1.54) is 0 Å². The Morgan fingerprint density at radius 1 is 1.04 bits per heavy atom. The van der Waals surface area contributed by atoms with Crippen molar-refractivity contribution in [2.75, 3.05) is 6.79 Å². The maximum Gasteiger partial charge on any atom is 0.233 e. The highest BCUT2D eigenvalue weighted by molar-refractivity contribution is 5.45. The molecule has 23 heavy (non-hydrogen) atoms. The van der Waals surface area contributed by atoms with Crippen molar-refractivity contribution in [1.29, 1.82) is 0 Å². The molecule has 6 nitrogen and oxygen atoms in total. The van der Waals surface area contributed by atoms with Gasteiger partial charge < -0.3 is 13.9 Å². The van der Waals surface area contributed by atoms with Gasteiger partial charge in [0.25, 0.3) is 0 Å². The van der Waals surface area contributed by atoms with Crippen LogP contribution in [0.5, 0.6) is 11.5 Å². The van der Waals surface area contributed by atoms with Crippen LogP contribution >= 0.6 is 0 Å². The third-order valence-electron chi connectivity index (χ3n) is 3.83. The first-order valence-electron chi connectivity index (χ1n) is 8.00. The van der Waals surface area contributed by atoms with Gasteiger partial charge in [-0.3, -0.25) is 5.32 Å². The normalized spacial score (nSPS) is 15.9. The van der Waals surface area contributed by atoms with E-state index in [1.807, 2.05) is 25.1 Å². The highest BCUT2D eigenvalue weighted by Gasteiger charge is 2.20. The minimum Gasteiger partial charge on any atom is -0.454 e. The smallest absolute Gasteiger partial charge is 0.233 e. The predicted molar refractivity (Wildman–Crippen MR) is 85.4 cm³/mol. The van der Waals surface area contributed by atoms with E-state index in [0.717, 1.165) is 23.5 Å². The third kappa shape index (κ3) is 3.64. The van der Waals surface area contributed by atoms with Gasteiger partial charge in [0.15, 0.2) is 11.5 Å². The van der Waals surface area contributed by atoms with E-state index in [4.69, 9.17) is 13.9 Å². The Morgan fingerprint density at radius 2 is 1.83 bits per heavy atom. The minimum atomic E-state index is -0.0242. The molecule has 1 aliphatic heterocycles. The fraction of sp³-hybridized carbons (Fsp3) is 0.529. The summed E-state index contributed by atoms with van der Waals surface area (Å²) in [6.07, 6.45) is 0.803. The number of benzene rings is 1. The number of ether oxygens (including phenoxy) is 2. The van der Waals surface area contributed by atoms with Crippen LogP contribution in [0.3, 0.4) is 0 Å². The maximum absolute atomic E-state index is 5.74. The van der Waals surface area contributed by atoms with Crippen molar-refractivity contribution in [2.24, 2.45) is 5.92 Å². The number of rotatable bonds is 6. The number of nitrogens with zero attached hydrogens (tertiary/aromatic N) is 2. The van der Waals surface area contributed by atoms with Gasteiger partial charge in [-0.2, -0.15) is 0 Å². The number of aromatic nitrogens is 2. The molecule has 2 aromatic rings. The summed E-state index contributed by atoms with van der Waals surface area (Å²) in [4.78, 5) is 0. The van der Waals surface area contributed by atoms with E-state index in [2.05, 4.69) is 36.3 Å². The summed E-state index contributed by atoms with van der Waals surface area (Å²) in [5.74, 6) is 3.40. The van der Waals surface area contributed by atoms with Crippen molar-refractivity contribution in [3.8, 4) is 11.5 Å². The van der Waals surface area contributed by atoms with Crippen molar-refractivity contribution >= 4 is 0 Å². The number of nitrogens with one attached hydrogen (secondary N) is 1. The Kier molecular flexibility index (Phi) is 4.52. The van der Waals surface area contributed by atoms with Gasteiger partial charge in [0.05, 0.1) is 6.04 Å². The standard InChI is InChI=1S/C17H23N3O3/c1-10(2)7-16-19-20-17(23-16)12(4)18-11(3)13-5-6-14-15(8-13)22-9-21-14/h5-6,8,10-12,18H,7,9H2,1-4H3/t11-,12-/m1/s1. The molecule has 0 radical (unpaired) electrons. The second-order valence-electron chi connectivity index (χ2n) is 6.35. The minimum absolute atomic E-state index is 0.0242. The van der Waals surface area contributed by atoms with Crippen molar-refractivity contribution in [3.05, 3.63) is 35.5 Å². The zero-order valence-corrected chi connectivity index (χ0v) is 14.0.